The van der Waals surface area contributed by atoms with Crippen molar-refractivity contribution in [2.24, 2.45) is 11.8 Å². The lowest BCUT2D eigenvalue weighted by atomic mass is 9.82. The van der Waals surface area contributed by atoms with Gasteiger partial charge in [0.1, 0.15) is 10.7 Å². The molecule has 4 rings (SSSR count). The molecule has 1 aliphatic carbocycles. The summed E-state index contributed by atoms with van der Waals surface area (Å²) in [6.45, 7) is 1.25. The molecular weight excluding hydrogens is 458 g/mol. The van der Waals surface area contributed by atoms with Gasteiger partial charge in [-0.25, -0.2) is 18.1 Å². The maximum atomic E-state index is 12.6. The van der Waals surface area contributed by atoms with Crippen molar-refractivity contribution in [2.45, 2.75) is 30.6 Å². The number of nitrogens with one attached hydrogen (secondary N) is 2. The van der Waals surface area contributed by atoms with Crippen LogP contribution >= 0.6 is 11.6 Å². The number of hydrogen-bond donors (Lipinski definition) is 2. The molecule has 0 aliphatic heterocycles. The molecule has 1 aliphatic rings. The lowest BCUT2D eigenvalue weighted by molar-refractivity contribution is 0.284. The fourth-order valence-electron chi connectivity index (χ4n) is 4.32. The summed E-state index contributed by atoms with van der Waals surface area (Å²) in [6.07, 6.45) is 4.05. The van der Waals surface area contributed by atoms with E-state index in [1.807, 2.05) is 43.3 Å². The maximum Gasteiger partial charge on any atom is 0.242 e. The molecule has 0 atom stereocenters. The van der Waals surface area contributed by atoms with Gasteiger partial charge in [0.25, 0.3) is 0 Å². The predicted molar refractivity (Wildman–Crippen MR) is 134 cm³/mol. The fraction of sp³-hybridized carbons (Fsp3) is 0.417. The molecule has 0 radical (unpaired) electrons. The third-order valence-electron chi connectivity index (χ3n) is 6.21. The summed E-state index contributed by atoms with van der Waals surface area (Å²) in [5, 5.41) is 4.70. The van der Waals surface area contributed by atoms with Crippen LogP contribution in [0, 0.1) is 11.8 Å². The van der Waals surface area contributed by atoms with Gasteiger partial charge in [0.2, 0.25) is 16.0 Å². The van der Waals surface area contributed by atoms with Crippen molar-refractivity contribution in [1.82, 2.24) is 14.7 Å². The van der Waals surface area contributed by atoms with Gasteiger partial charge in [0.05, 0.1) is 10.5 Å². The number of aromatic nitrogens is 2. The highest BCUT2D eigenvalue weighted by atomic mass is 35.5. The van der Waals surface area contributed by atoms with E-state index in [0.717, 1.165) is 48.9 Å². The van der Waals surface area contributed by atoms with Gasteiger partial charge in [0.15, 0.2) is 0 Å². The van der Waals surface area contributed by atoms with Gasteiger partial charge in [-0.1, -0.05) is 35.9 Å². The van der Waals surface area contributed by atoms with Crippen molar-refractivity contribution in [3.05, 3.63) is 53.6 Å². The summed E-state index contributed by atoms with van der Waals surface area (Å²) in [6, 6.07) is 14.6. The van der Waals surface area contributed by atoms with E-state index in [9.17, 15) is 8.42 Å². The second-order valence-corrected chi connectivity index (χ2v) is 11.0. The fourth-order valence-corrected chi connectivity index (χ4v) is 5.96. The number of nitrogens with zero attached hydrogens (tertiary/aromatic N) is 3. The lowest BCUT2D eigenvalue weighted by Crippen LogP contribution is -2.32. The highest BCUT2D eigenvalue weighted by Crippen LogP contribution is 2.30. The zero-order valence-electron chi connectivity index (χ0n) is 19.0. The molecule has 9 heteroatoms. The summed E-state index contributed by atoms with van der Waals surface area (Å²) in [4.78, 5) is 11.5. The quantitative estimate of drug-likeness (QED) is 0.485. The largest absolute Gasteiger partial charge is 0.362 e. The van der Waals surface area contributed by atoms with E-state index in [1.54, 1.807) is 18.2 Å². The molecule has 33 heavy (non-hydrogen) atoms. The molecular formula is C24H30ClN5O2S. The Labute approximate surface area is 200 Å². The van der Waals surface area contributed by atoms with E-state index in [-0.39, 0.29) is 9.92 Å². The summed E-state index contributed by atoms with van der Waals surface area (Å²) in [7, 11) is 0.378. The molecule has 0 bridgehead atoms. The van der Waals surface area contributed by atoms with Gasteiger partial charge in [0, 0.05) is 32.6 Å². The number of hydrogen-bond acceptors (Lipinski definition) is 6. The highest BCUT2D eigenvalue weighted by molar-refractivity contribution is 7.89. The van der Waals surface area contributed by atoms with Crippen LogP contribution in [0.5, 0.6) is 0 Å². The number of benzene rings is 2. The van der Waals surface area contributed by atoms with Crippen molar-refractivity contribution in [1.29, 1.82) is 0 Å². The lowest BCUT2D eigenvalue weighted by Gasteiger charge is -2.29. The van der Waals surface area contributed by atoms with Crippen LogP contribution in [0.3, 0.4) is 0 Å². The van der Waals surface area contributed by atoms with Crippen molar-refractivity contribution >= 4 is 44.3 Å². The normalized spacial score (nSPS) is 18.9. The third-order valence-corrected chi connectivity index (χ3v) is 8.13. The Morgan fingerprint density at radius 1 is 0.939 bits per heavy atom. The topological polar surface area (TPSA) is 87.2 Å². The van der Waals surface area contributed by atoms with Crippen molar-refractivity contribution in [3.8, 4) is 0 Å². The average Bonchev–Trinajstić information content (AvgIpc) is 2.81. The third kappa shape index (κ3) is 5.75. The monoisotopic (exact) mass is 487 g/mol. The molecule has 1 fully saturated rings. The van der Waals surface area contributed by atoms with Crippen LogP contribution in [-0.4, -0.2) is 45.6 Å². The Morgan fingerprint density at radius 3 is 2.27 bits per heavy atom. The standard InChI is InChI=1S/C24H30ClN5O2S/c1-30(2)23-19-7-3-5-9-21(19)28-24(29-23)26-15-17-11-13-18(14-12-17)16-27-33(31,32)22-10-6-4-8-20(22)25/h3-10,17-18,27H,11-16H2,1-2H3,(H,26,28,29)/t17-,18-. The van der Waals surface area contributed by atoms with Crippen LogP contribution in [0.25, 0.3) is 10.9 Å². The van der Waals surface area contributed by atoms with E-state index in [4.69, 9.17) is 16.6 Å². The van der Waals surface area contributed by atoms with Crippen LogP contribution < -0.4 is 14.9 Å². The minimum absolute atomic E-state index is 0.136. The van der Waals surface area contributed by atoms with E-state index in [0.29, 0.717) is 24.3 Å². The molecule has 0 saturated heterocycles. The second kappa shape index (κ2) is 10.2. The van der Waals surface area contributed by atoms with E-state index in [2.05, 4.69) is 15.0 Å². The van der Waals surface area contributed by atoms with Crippen LogP contribution in [0.2, 0.25) is 5.02 Å². The molecule has 176 valence electrons. The summed E-state index contributed by atoms with van der Waals surface area (Å²) in [5.41, 5.74) is 0.924. The summed E-state index contributed by atoms with van der Waals surface area (Å²) < 4.78 is 27.9. The van der Waals surface area contributed by atoms with E-state index in [1.165, 1.54) is 6.07 Å². The molecule has 2 N–H and O–H groups in total. The predicted octanol–water partition coefficient (Wildman–Crippen LogP) is 4.55. The minimum atomic E-state index is -3.59. The highest BCUT2D eigenvalue weighted by Gasteiger charge is 2.24. The van der Waals surface area contributed by atoms with Gasteiger partial charge in [-0.3, -0.25) is 0 Å². The van der Waals surface area contributed by atoms with Crippen LogP contribution in [0.4, 0.5) is 11.8 Å². The number of rotatable bonds is 8. The molecule has 1 saturated carbocycles. The Kier molecular flexibility index (Phi) is 7.36. The molecule has 7 nitrogen and oxygen atoms in total. The molecule has 0 unspecified atom stereocenters. The second-order valence-electron chi connectivity index (χ2n) is 8.83. The molecule has 1 aromatic heterocycles. The zero-order valence-corrected chi connectivity index (χ0v) is 20.5. The number of anilines is 2. The average molecular weight is 488 g/mol. The first kappa shape index (κ1) is 23.7. The molecule has 0 spiro atoms. The van der Waals surface area contributed by atoms with E-state index >= 15 is 0 Å². The first-order valence-corrected chi connectivity index (χ1v) is 13.1. The molecule has 1 heterocycles. The van der Waals surface area contributed by atoms with Crippen LogP contribution in [0.1, 0.15) is 25.7 Å². The van der Waals surface area contributed by atoms with Crippen LogP contribution in [-0.2, 0) is 10.0 Å². The van der Waals surface area contributed by atoms with Crippen molar-refractivity contribution < 1.29 is 8.42 Å². The van der Waals surface area contributed by atoms with Gasteiger partial charge >= 0.3 is 0 Å². The Balaban J connectivity index is 1.29. The zero-order chi connectivity index (χ0) is 23.4. The Morgan fingerprint density at radius 2 is 1.58 bits per heavy atom. The molecule has 2 aromatic carbocycles. The van der Waals surface area contributed by atoms with Crippen molar-refractivity contribution in [3.63, 3.8) is 0 Å². The SMILES string of the molecule is CN(C)c1nc(NC[C@H]2CC[C@H](CNS(=O)(=O)c3ccccc3Cl)CC2)nc2ccccc12. The smallest absolute Gasteiger partial charge is 0.242 e. The van der Waals surface area contributed by atoms with E-state index < -0.39 is 10.0 Å². The Bertz CT molecular complexity index is 1210. The molecule has 3 aromatic rings. The minimum Gasteiger partial charge on any atom is -0.362 e. The Hall–Kier alpha value is -2.42. The molecule has 0 amide bonds. The summed E-state index contributed by atoms with van der Waals surface area (Å²) >= 11 is 6.05. The maximum absolute atomic E-state index is 12.6. The number of sulfonamides is 1. The number of fused-ring (bicyclic) bond motifs is 1. The van der Waals surface area contributed by atoms with Gasteiger partial charge in [-0.2, -0.15) is 4.98 Å². The van der Waals surface area contributed by atoms with Gasteiger partial charge in [-0.05, 0) is 61.8 Å². The number of halogens is 1. The number of para-hydroxylation sites is 1. The van der Waals surface area contributed by atoms with Gasteiger partial charge < -0.3 is 10.2 Å². The summed E-state index contributed by atoms with van der Waals surface area (Å²) in [5.74, 6) is 2.39. The van der Waals surface area contributed by atoms with Crippen molar-refractivity contribution in [2.75, 3.05) is 37.4 Å². The first-order valence-electron chi connectivity index (χ1n) is 11.3. The first-order chi connectivity index (χ1) is 15.8. The van der Waals surface area contributed by atoms with Crippen LogP contribution in [0.15, 0.2) is 53.4 Å². The van der Waals surface area contributed by atoms with Gasteiger partial charge in [-0.15, -0.1) is 0 Å².